The van der Waals surface area contributed by atoms with Crippen molar-refractivity contribution in [1.82, 2.24) is 4.57 Å². The molecule has 4 rings (SSSR count). The van der Waals surface area contributed by atoms with Gasteiger partial charge in [0.15, 0.2) is 0 Å². The zero-order valence-electron chi connectivity index (χ0n) is 19.3. The average Bonchev–Trinajstić information content (AvgIpc) is 3.07. The molecule has 0 saturated carbocycles. The van der Waals surface area contributed by atoms with Crippen molar-refractivity contribution in [3.05, 3.63) is 95.2 Å². The minimum Gasteiger partial charge on any atom is -0.478 e. The van der Waals surface area contributed by atoms with Crippen LogP contribution in [0.1, 0.15) is 52.7 Å². The molecule has 5 nitrogen and oxygen atoms in total. The van der Waals surface area contributed by atoms with E-state index < -0.39 is 11.6 Å². The predicted molar refractivity (Wildman–Crippen MR) is 130 cm³/mol. The number of carboxylic acid groups (broad SMARTS) is 1. The zero-order chi connectivity index (χ0) is 23.8. The van der Waals surface area contributed by atoms with E-state index >= 15 is 0 Å². The van der Waals surface area contributed by atoms with Crippen molar-refractivity contribution in [2.45, 2.75) is 39.8 Å². The molecule has 0 fully saturated rings. The number of ether oxygens (including phenoxy) is 1. The fourth-order valence-electron chi connectivity index (χ4n) is 3.97. The minimum atomic E-state index is -0.926. The van der Waals surface area contributed by atoms with Crippen LogP contribution < -0.4 is 0 Å². The van der Waals surface area contributed by atoms with Gasteiger partial charge < -0.3 is 14.4 Å². The Balaban J connectivity index is 1.61. The van der Waals surface area contributed by atoms with Gasteiger partial charge in [-0.1, -0.05) is 42.5 Å². The summed E-state index contributed by atoms with van der Waals surface area (Å²) in [5.74, 6) is -1.26. The second kappa shape index (κ2) is 8.58. The Morgan fingerprint density at radius 1 is 0.939 bits per heavy atom. The van der Waals surface area contributed by atoms with Gasteiger partial charge in [-0.15, -0.1) is 0 Å². The standard InChI is InChI=1S/C28H27NO4/c1-18-15-22-16-21(26(30)31)13-14-25(22)29(18)17-19-9-11-20(12-10-19)23-7-5-6-8-24(23)27(32)33-28(2,3)4/h5-16H,17H2,1-4H3,(H,30,31). The van der Waals surface area contributed by atoms with E-state index in [0.29, 0.717) is 12.1 Å². The number of hydrogen-bond donors (Lipinski definition) is 1. The maximum atomic E-state index is 12.7. The minimum absolute atomic E-state index is 0.285. The molecule has 33 heavy (non-hydrogen) atoms. The van der Waals surface area contributed by atoms with Crippen molar-refractivity contribution in [2.75, 3.05) is 0 Å². The highest BCUT2D eigenvalue weighted by atomic mass is 16.6. The van der Waals surface area contributed by atoms with Crippen LogP contribution in [0.2, 0.25) is 0 Å². The van der Waals surface area contributed by atoms with Gasteiger partial charge in [0.2, 0.25) is 0 Å². The number of rotatable bonds is 5. The summed E-state index contributed by atoms with van der Waals surface area (Å²) in [5.41, 5.74) is 5.22. The van der Waals surface area contributed by atoms with Crippen LogP contribution in [0.25, 0.3) is 22.0 Å². The van der Waals surface area contributed by atoms with Crippen LogP contribution in [-0.2, 0) is 11.3 Å². The van der Waals surface area contributed by atoms with E-state index in [2.05, 4.69) is 16.7 Å². The average molecular weight is 442 g/mol. The lowest BCUT2D eigenvalue weighted by Crippen LogP contribution is -2.24. The summed E-state index contributed by atoms with van der Waals surface area (Å²) in [5, 5.41) is 10.2. The second-order valence-corrected chi connectivity index (χ2v) is 9.20. The summed E-state index contributed by atoms with van der Waals surface area (Å²) in [6.07, 6.45) is 0. The van der Waals surface area contributed by atoms with E-state index in [9.17, 15) is 14.7 Å². The summed E-state index contributed by atoms with van der Waals surface area (Å²) in [4.78, 5) is 24.0. The molecule has 1 N–H and O–H groups in total. The molecule has 1 aromatic heterocycles. The molecule has 0 amide bonds. The molecule has 168 valence electrons. The van der Waals surface area contributed by atoms with Crippen LogP contribution in [0.15, 0.2) is 72.8 Å². The third kappa shape index (κ3) is 4.82. The lowest BCUT2D eigenvalue weighted by Gasteiger charge is -2.20. The maximum absolute atomic E-state index is 12.7. The summed E-state index contributed by atoms with van der Waals surface area (Å²) in [6, 6.07) is 22.8. The number of benzene rings is 3. The summed E-state index contributed by atoms with van der Waals surface area (Å²) >= 11 is 0. The smallest absolute Gasteiger partial charge is 0.339 e. The Kier molecular flexibility index (Phi) is 5.81. The van der Waals surface area contributed by atoms with Gasteiger partial charge in [0.1, 0.15) is 5.60 Å². The molecule has 0 bridgehead atoms. The molecular formula is C28H27NO4. The molecule has 0 aliphatic carbocycles. The number of nitrogens with zero attached hydrogens (tertiary/aromatic N) is 1. The third-order valence-corrected chi connectivity index (χ3v) is 5.51. The number of aryl methyl sites for hydroxylation is 1. The van der Waals surface area contributed by atoms with E-state index in [-0.39, 0.29) is 11.5 Å². The molecule has 0 saturated heterocycles. The molecule has 0 radical (unpaired) electrons. The SMILES string of the molecule is Cc1cc2cc(C(=O)O)ccc2n1Cc1ccc(-c2ccccc2C(=O)OC(C)(C)C)cc1. The van der Waals surface area contributed by atoms with Gasteiger partial charge >= 0.3 is 11.9 Å². The highest BCUT2D eigenvalue weighted by molar-refractivity contribution is 5.97. The highest BCUT2D eigenvalue weighted by Gasteiger charge is 2.20. The van der Waals surface area contributed by atoms with Crippen LogP contribution in [0.3, 0.4) is 0 Å². The van der Waals surface area contributed by atoms with E-state index in [1.165, 1.54) is 0 Å². The Morgan fingerprint density at radius 3 is 2.30 bits per heavy atom. The number of esters is 1. The van der Waals surface area contributed by atoms with Crippen molar-refractivity contribution in [1.29, 1.82) is 0 Å². The largest absolute Gasteiger partial charge is 0.478 e. The first kappa shape index (κ1) is 22.3. The second-order valence-electron chi connectivity index (χ2n) is 9.20. The highest BCUT2D eigenvalue weighted by Crippen LogP contribution is 2.27. The predicted octanol–water partition coefficient (Wildman–Crippen LogP) is 6.32. The van der Waals surface area contributed by atoms with E-state index in [1.54, 1.807) is 18.2 Å². The lowest BCUT2D eigenvalue weighted by atomic mass is 9.98. The first-order chi connectivity index (χ1) is 15.6. The Bertz CT molecular complexity index is 1340. The molecule has 5 heteroatoms. The fraction of sp³-hybridized carbons (Fsp3) is 0.214. The Labute approximate surface area is 193 Å². The molecule has 0 aliphatic heterocycles. The van der Waals surface area contributed by atoms with Crippen LogP contribution in [0.4, 0.5) is 0 Å². The number of aromatic carboxylic acids is 1. The van der Waals surface area contributed by atoms with Gasteiger partial charge in [-0.2, -0.15) is 0 Å². The van der Waals surface area contributed by atoms with Gasteiger partial charge in [-0.05, 0) is 74.7 Å². The quantitative estimate of drug-likeness (QED) is 0.368. The van der Waals surface area contributed by atoms with Crippen LogP contribution in [0, 0.1) is 6.92 Å². The van der Waals surface area contributed by atoms with Crippen LogP contribution in [0.5, 0.6) is 0 Å². The van der Waals surface area contributed by atoms with Crippen molar-refractivity contribution in [3.8, 4) is 11.1 Å². The van der Waals surface area contributed by atoms with Gasteiger partial charge in [0, 0.05) is 23.1 Å². The van der Waals surface area contributed by atoms with Crippen molar-refractivity contribution >= 4 is 22.8 Å². The molecule has 0 unspecified atom stereocenters. The lowest BCUT2D eigenvalue weighted by molar-refractivity contribution is 0.00702. The van der Waals surface area contributed by atoms with Crippen molar-refractivity contribution in [2.24, 2.45) is 0 Å². The Hall–Kier alpha value is -3.86. The summed E-state index contributed by atoms with van der Waals surface area (Å²) in [7, 11) is 0. The van der Waals surface area contributed by atoms with Gasteiger partial charge in [0.25, 0.3) is 0 Å². The monoisotopic (exact) mass is 441 g/mol. The molecule has 0 spiro atoms. The number of carbonyl (C=O) groups excluding carboxylic acids is 1. The fourth-order valence-corrected chi connectivity index (χ4v) is 3.97. The molecule has 1 heterocycles. The molecule has 3 aromatic carbocycles. The number of carboxylic acids is 1. The van der Waals surface area contributed by atoms with Gasteiger partial charge in [-0.25, -0.2) is 9.59 Å². The number of aromatic nitrogens is 1. The van der Waals surface area contributed by atoms with Crippen LogP contribution >= 0.6 is 0 Å². The number of carbonyl (C=O) groups is 2. The first-order valence-electron chi connectivity index (χ1n) is 10.9. The Morgan fingerprint density at radius 2 is 1.64 bits per heavy atom. The van der Waals surface area contributed by atoms with Crippen LogP contribution in [-0.4, -0.2) is 27.2 Å². The number of fused-ring (bicyclic) bond motifs is 1. The third-order valence-electron chi connectivity index (χ3n) is 5.51. The molecule has 4 aromatic rings. The molecule has 0 atom stereocenters. The normalized spacial score (nSPS) is 11.5. The van der Waals surface area contributed by atoms with Crippen molar-refractivity contribution < 1.29 is 19.4 Å². The molecule has 0 aliphatic rings. The van der Waals surface area contributed by atoms with E-state index in [4.69, 9.17) is 4.74 Å². The summed E-state index contributed by atoms with van der Waals surface area (Å²) < 4.78 is 7.75. The molecular weight excluding hydrogens is 414 g/mol. The van der Waals surface area contributed by atoms with Gasteiger partial charge in [0.05, 0.1) is 11.1 Å². The first-order valence-corrected chi connectivity index (χ1v) is 10.9. The summed E-state index contributed by atoms with van der Waals surface area (Å²) in [6.45, 7) is 8.26. The zero-order valence-corrected chi connectivity index (χ0v) is 19.3. The van der Waals surface area contributed by atoms with E-state index in [1.807, 2.05) is 70.2 Å². The topological polar surface area (TPSA) is 68.5 Å². The van der Waals surface area contributed by atoms with Gasteiger partial charge in [-0.3, -0.25) is 0 Å². The number of hydrogen-bond acceptors (Lipinski definition) is 3. The van der Waals surface area contributed by atoms with E-state index in [0.717, 1.165) is 33.3 Å². The van der Waals surface area contributed by atoms with Crippen molar-refractivity contribution in [3.63, 3.8) is 0 Å². The maximum Gasteiger partial charge on any atom is 0.339 e.